The second-order valence-electron chi connectivity index (χ2n) is 10.6. The number of rotatable bonds is 7. The van der Waals surface area contributed by atoms with Crippen LogP contribution in [-0.4, -0.2) is 47.1 Å². The summed E-state index contributed by atoms with van der Waals surface area (Å²) in [6, 6.07) is 7.95. The molecule has 2 atom stereocenters. The fourth-order valence-electron chi connectivity index (χ4n) is 4.34. The molecule has 1 amide bonds. The molecular formula is C24H34ClN5O4S. The quantitative estimate of drug-likeness (QED) is 0.536. The Hall–Kier alpha value is -2.43. The van der Waals surface area contributed by atoms with Crippen molar-refractivity contribution in [1.82, 2.24) is 14.9 Å². The minimum atomic E-state index is -3.93. The molecule has 0 spiro atoms. The lowest BCUT2D eigenvalue weighted by molar-refractivity contribution is 0.0130. The highest BCUT2D eigenvalue weighted by Gasteiger charge is 2.42. The molecule has 0 aromatic carbocycles. The van der Waals surface area contributed by atoms with Gasteiger partial charge in [0, 0.05) is 18.3 Å². The molecule has 2 aromatic heterocycles. The van der Waals surface area contributed by atoms with Gasteiger partial charge < -0.3 is 15.0 Å². The number of amides is 1. The molecule has 1 aliphatic rings. The summed E-state index contributed by atoms with van der Waals surface area (Å²) in [5.74, 6) is 0.637. The monoisotopic (exact) mass is 523 g/mol. The van der Waals surface area contributed by atoms with Crippen LogP contribution in [0.3, 0.4) is 0 Å². The normalized spacial score (nSPS) is 18.8. The average Bonchev–Trinajstić information content (AvgIpc) is 3.04. The average molecular weight is 524 g/mol. The summed E-state index contributed by atoms with van der Waals surface area (Å²) in [5.41, 5.74) is -0.128. The van der Waals surface area contributed by atoms with Crippen LogP contribution >= 0.6 is 11.6 Å². The maximum absolute atomic E-state index is 12.8. The number of sulfonamides is 1. The zero-order chi connectivity index (χ0) is 26.0. The van der Waals surface area contributed by atoms with Gasteiger partial charge in [-0.15, -0.1) is 0 Å². The Bertz CT molecular complexity index is 1150. The number of anilines is 1. The van der Waals surface area contributed by atoms with Crippen molar-refractivity contribution in [3.63, 3.8) is 0 Å². The number of ether oxygens (including phenoxy) is 1. The van der Waals surface area contributed by atoms with Gasteiger partial charge >= 0.3 is 6.09 Å². The number of pyridine rings is 2. The predicted octanol–water partition coefficient (Wildman–Crippen LogP) is 4.75. The van der Waals surface area contributed by atoms with Crippen molar-refractivity contribution in [1.29, 1.82) is 0 Å². The van der Waals surface area contributed by atoms with Crippen LogP contribution in [0.2, 0.25) is 5.02 Å². The number of nitrogens with one attached hydrogen (secondary N) is 1. The number of hydrogen-bond donors (Lipinski definition) is 2. The highest BCUT2D eigenvalue weighted by molar-refractivity contribution is 7.89. The summed E-state index contributed by atoms with van der Waals surface area (Å²) in [7, 11) is -3.93. The van der Waals surface area contributed by atoms with Crippen LogP contribution in [0.25, 0.3) is 0 Å². The molecule has 0 saturated carbocycles. The highest BCUT2D eigenvalue weighted by Crippen LogP contribution is 2.37. The zero-order valence-electron chi connectivity index (χ0n) is 20.8. The van der Waals surface area contributed by atoms with E-state index < -0.39 is 15.6 Å². The fourth-order valence-corrected chi connectivity index (χ4v) is 4.95. The summed E-state index contributed by atoms with van der Waals surface area (Å²) in [6.07, 6.45) is 3.59. The lowest BCUT2D eigenvalue weighted by Crippen LogP contribution is -2.45. The van der Waals surface area contributed by atoms with Gasteiger partial charge in [-0.25, -0.2) is 23.3 Å². The summed E-state index contributed by atoms with van der Waals surface area (Å²) >= 11 is 6.03. The van der Waals surface area contributed by atoms with Crippen molar-refractivity contribution >= 4 is 33.5 Å². The molecular weight excluding hydrogens is 490 g/mol. The third-order valence-corrected chi connectivity index (χ3v) is 6.92. The molecule has 0 aliphatic carbocycles. The summed E-state index contributed by atoms with van der Waals surface area (Å²) in [4.78, 5) is 23.2. The Morgan fingerprint density at radius 2 is 2.03 bits per heavy atom. The zero-order valence-corrected chi connectivity index (χ0v) is 22.4. The topological polar surface area (TPSA) is 128 Å². The SMILES string of the molecule is CC(C)(C)OC(=O)N1C[C@@H](CCC(Nc2cccc(S(N)(=O)=O)n2)c2ccc(Cl)cn2)CC1(C)C. The molecule has 1 fully saturated rings. The highest BCUT2D eigenvalue weighted by atomic mass is 35.5. The maximum Gasteiger partial charge on any atom is 0.410 e. The Labute approximate surface area is 212 Å². The van der Waals surface area contributed by atoms with Gasteiger partial charge in [-0.2, -0.15) is 0 Å². The Kier molecular flexibility index (Phi) is 7.98. The van der Waals surface area contributed by atoms with Gasteiger partial charge in [-0.1, -0.05) is 17.7 Å². The third-order valence-electron chi connectivity index (χ3n) is 5.88. The molecule has 3 rings (SSSR count). The minimum Gasteiger partial charge on any atom is -0.444 e. The smallest absolute Gasteiger partial charge is 0.410 e. The van der Waals surface area contributed by atoms with Crippen LogP contribution < -0.4 is 10.5 Å². The van der Waals surface area contributed by atoms with E-state index in [1.807, 2.05) is 31.7 Å². The van der Waals surface area contributed by atoms with Crippen molar-refractivity contribution in [2.45, 2.75) is 76.1 Å². The number of likely N-dealkylation sites (tertiary alicyclic amines) is 1. The van der Waals surface area contributed by atoms with Gasteiger partial charge in [0.05, 0.1) is 16.8 Å². The van der Waals surface area contributed by atoms with Gasteiger partial charge in [0.15, 0.2) is 5.03 Å². The largest absolute Gasteiger partial charge is 0.444 e. The first kappa shape index (κ1) is 27.2. The Morgan fingerprint density at radius 1 is 1.31 bits per heavy atom. The molecule has 1 saturated heterocycles. The van der Waals surface area contributed by atoms with Gasteiger partial charge in [0.1, 0.15) is 11.4 Å². The van der Waals surface area contributed by atoms with E-state index >= 15 is 0 Å². The number of carbonyl (C=O) groups excluding carboxylic acids is 1. The van der Waals surface area contributed by atoms with Crippen LogP contribution in [0.1, 0.15) is 65.6 Å². The van der Waals surface area contributed by atoms with Crippen LogP contribution in [0.15, 0.2) is 41.6 Å². The Morgan fingerprint density at radius 3 is 2.63 bits per heavy atom. The molecule has 0 bridgehead atoms. The molecule has 35 heavy (non-hydrogen) atoms. The van der Waals surface area contributed by atoms with Crippen molar-refractivity contribution < 1.29 is 17.9 Å². The van der Waals surface area contributed by atoms with E-state index in [0.717, 1.165) is 18.5 Å². The number of hydrogen-bond acceptors (Lipinski definition) is 7. The Balaban J connectivity index is 1.75. The molecule has 1 unspecified atom stereocenters. The van der Waals surface area contributed by atoms with E-state index in [1.165, 1.54) is 6.07 Å². The van der Waals surface area contributed by atoms with Gasteiger partial charge in [-0.3, -0.25) is 4.98 Å². The summed E-state index contributed by atoms with van der Waals surface area (Å²) in [5, 5.41) is 8.84. The number of halogens is 1. The molecule has 9 nitrogen and oxygen atoms in total. The lowest BCUT2D eigenvalue weighted by atomic mass is 9.91. The van der Waals surface area contributed by atoms with Gasteiger partial charge in [0.25, 0.3) is 10.0 Å². The van der Waals surface area contributed by atoms with E-state index in [1.54, 1.807) is 24.4 Å². The first-order valence-electron chi connectivity index (χ1n) is 11.5. The van der Waals surface area contributed by atoms with Crippen LogP contribution in [0.5, 0.6) is 0 Å². The van der Waals surface area contributed by atoms with Crippen LogP contribution in [0, 0.1) is 5.92 Å². The number of nitrogens with zero attached hydrogens (tertiary/aromatic N) is 3. The van der Waals surface area contributed by atoms with E-state index in [4.69, 9.17) is 21.5 Å². The summed E-state index contributed by atoms with van der Waals surface area (Å²) in [6.45, 7) is 10.3. The molecule has 0 radical (unpaired) electrons. The van der Waals surface area contributed by atoms with Gasteiger partial charge in [-0.05, 0) is 84.1 Å². The number of aromatic nitrogens is 2. The molecule has 3 heterocycles. The van der Waals surface area contributed by atoms with E-state index in [-0.39, 0.29) is 28.6 Å². The number of primary sulfonamides is 1. The second kappa shape index (κ2) is 10.3. The molecule has 1 aliphatic heterocycles. The molecule has 2 aromatic rings. The molecule has 11 heteroatoms. The van der Waals surface area contributed by atoms with Gasteiger partial charge in [0.2, 0.25) is 0 Å². The number of nitrogens with two attached hydrogens (primary N) is 1. The summed E-state index contributed by atoms with van der Waals surface area (Å²) < 4.78 is 29.1. The van der Waals surface area contributed by atoms with Crippen molar-refractivity contribution in [3.8, 4) is 0 Å². The fraction of sp³-hybridized carbons (Fsp3) is 0.542. The van der Waals surface area contributed by atoms with E-state index in [9.17, 15) is 13.2 Å². The van der Waals surface area contributed by atoms with Crippen LogP contribution in [0.4, 0.5) is 10.6 Å². The van der Waals surface area contributed by atoms with Crippen molar-refractivity contribution in [2.75, 3.05) is 11.9 Å². The second-order valence-corrected chi connectivity index (χ2v) is 12.5. The third kappa shape index (κ3) is 7.52. The van der Waals surface area contributed by atoms with Crippen molar-refractivity contribution in [2.24, 2.45) is 11.1 Å². The standard InChI is InChI=1S/C24H34ClN5O4S/c1-23(2,3)34-22(31)30-15-16(13-24(30,4)5)9-11-19(18-12-10-17(25)14-27-18)28-20-7-6-8-21(29-20)35(26,32)33/h6-8,10,12,14,16,19H,9,11,13,15H2,1-5H3,(H,28,29)(H2,26,32,33)/t16-,19?/m0/s1. The van der Waals surface area contributed by atoms with E-state index in [0.29, 0.717) is 23.8 Å². The number of carbonyl (C=O) groups is 1. The molecule has 192 valence electrons. The minimum absolute atomic E-state index is 0.212. The lowest BCUT2D eigenvalue weighted by Gasteiger charge is -2.33. The first-order chi connectivity index (χ1) is 16.1. The maximum atomic E-state index is 12.8. The first-order valence-corrected chi connectivity index (χ1v) is 13.4. The van der Waals surface area contributed by atoms with Crippen molar-refractivity contribution in [3.05, 3.63) is 47.2 Å². The predicted molar refractivity (Wildman–Crippen MR) is 136 cm³/mol. The van der Waals surface area contributed by atoms with E-state index in [2.05, 4.69) is 29.1 Å². The van der Waals surface area contributed by atoms with Crippen LogP contribution in [-0.2, 0) is 14.8 Å². The molecule has 3 N–H and O–H groups in total.